The van der Waals surface area contributed by atoms with Crippen molar-refractivity contribution >= 4 is 6.09 Å². The first-order valence-electron chi connectivity index (χ1n) is 10.6. The summed E-state index contributed by atoms with van der Waals surface area (Å²) in [5.74, 6) is 0.816. The summed E-state index contributed by atoms with van der Waals surface area (Å²) in [5, 5.41) is 0. The number of hydrogen-bond acceptors (Lipinski definition) is 3. The number of benzene rings is 1. The molecule has 0 N–H and O–H groups in total. The van der Waals surface area contributed by atoms with Gasteiger partial charge in [-0.3, -0.25) is 4.70 Å². The van der Waals surface area contributed by atoms with E-state index in [2.05, 4.69) is 4.90 Å². The fourth-order valence-electron chi connectivity index (χ4n) is 4.61. The average molecular weight is 415 g/mol. The summed E-state index contributed by atoms with van der Waals surface area (Å²) in [6.07, 6.45) is 2.37. The number of nitrogens with zero attached hydrogens (tertiary/aromatic N) is 2. The molecule has 2 aliphatic rings. The summed E-state index contributed by atoms with van der Waals surface area (Å²) >= 11 is 0. The predicted octanol–water partition coefficient (Wildman–Crippen LogP) is 5.21. The zero-order valence-electron chi connectivity index (χ0n) is 17.2. The van der Waals surface area contributed by atoms with Gasteiger partial charge >= 0.3 is 6.09 Å². The van der Waals surface area contributed by atoms with Crippen molar-refractivity contribution in [1.29, 1.82) is 0 Å². The van der Waals surface area contributed by atoms with E-state index in [4.69, 9.17) is 4.74 Å². The molecule has 1 aromatic rings. The summed E-state index contributed by atoms with van der Waals surface area (Å²) in [6, 6.07) is 7.03. The smallest absolute Gasteiger partial charge is 0.409 e. The monoisotopic (exact) mass is 414 g/mol. The number of halogens is 3. The molecule has 2 aliphatic heterocycles. The third-order valence-corrected chi connectivity index (χ3v) is 6.15. The van der Waals surface area contributed by atoms with E-state index in [0.717, 1.165) is 70.4 Å². The molecule has 1 amide bonds. The van der Waals surface area contributed by atoms with Gasteiger partial charge in [0.2, 0.25) is 0 Å². The molecule has 0 aromatic heterocycles. The van der Waals surface area contributed by atoms with Crippen LogP contribution in [0.2, 0.25) is 0 Å². The Kier molecular flexibility index (Phi) is 9.27. The highest BCUT2D eigenvalue weighted by Crippen LogP contribution is 2.35. The number of rotatable bonds is 5. The van der Waals surface area contributed by atoms with Crippen LogP contribution >= 0.6 is 0 Å². The molecule has 4 nitrogen and oxygen atoms in total. The van der Waals surface area contributed by atoms with Crippen LogP contribution in [0.1, 0.15) is 62.5 Å². The van der Waals surface area contributed by atoms with E-state index in [1.165, 1.54) is 0 Å². The van der Waals surface area contributed by atoms with Crippen LogP contribution in [0.25, 0.3) is 0 Å². The molecule has 1 unspecified atom stereocenters. The summed E-state index contributed by atoms with van der Waals surface area (Å²) in [5.41, 5.74) is 1.04. The first-order valence-corrected chi connectivity index (χ1v) is 10.6. The Morgan fingerprint density at radius 3 is 2.52 bits per heavy atom. The Hall–Kier alpha value is -1.76. The Labute approximate surface area is 171 Å². The zero-order chi connectivity index (χ0) is 19.9. The minimum absolute atomic E-state index is 0. The Morgan fingerprint density at radius 1 is 1.10 bits per heavy atom. The van der Waals surface area contributed by atoms with Gasteiger partial charge in [-0.05, 0) is 69.5 Å². The maximum absolute atomic E-state index is 13.4. The SMILES string of the molecule is CCOC(=O)N1CCC(CN2CCCC(c3ccccc3C(F)F)CC2)CC1.F. The summed E-state index contributed by atoms with van der Waals surface area (Å²) in [7, 11) is 0. The highest BCUT2D eigenvalue weighted by Gasteiger charge is 2.27. The van der Waals surface area contributed by atoms with Gasteiger partial charge in [-0.25, -0.2) is 13.6 Å². The van der Waals surface area contributed by atoms with Crippen molar-refractivity contribution < 1.29 is 23.0 Å². The lowest BCUT2D eigenvalue weighted by Crippen LogP contribution is -2.42. The van der Waals surface area contributed by atoms with Crippen molar-refractivity contribution in [2.75, 3.05) is 39.3 Å². The number of carbonyl (C=O) groups is 1. The van der Waals surface area contributed by atoms with Gasteiger partial charge in [-0.1, -0.05) is 24.3 Å². The van der Waals surface area contributed by atoms with Gasteiger partial charge in [0.25, 0.3) is 6.43 Å². The Morgan fingerprint density at radius 2 is 1.83 bits per heavy atom. The third-order valence-electron chi connectivity index (χ3n) is 6.15. The second kappa shape index (κ2) is 11.4. The van der Waals surface area contributed by atoms with Crippen LogP contribution in [0.5, 0.6) is 0 Å². The number of piperidine rings is 1. The van der Waals surface area contributed by atoms with E-state index in [1.54, 1.807) is 17.0 Å². The largest absolute Gasteiger partial charge is 0.450 e. The van der Waals surface area contributed by atoms with Crippen LogP contribution in [0.15, 0.2) is 24.3 Å². The fourth-order valence-corrected chi connectivity index (χ4v) is 4.61. The molecular weight excluding hydrogens is 381 g/mol. The van der Waals surface area contributed by atoms with Crippen LogP contribution in [0, 0.1) is 5.92 Å². The van der Waals surface area contributed by atoms with Gasteiger partial charge in [0.05, 0.1) is 6.61 Å². The van der Waals surface area contributed by atoms with Crippen LogP contribution in [-0.2, 0) is 4.74 Å². The molecule has 0 spiro atoms. The van der Waals surface area contributed by atoms with Crippen molar-refractivity contribution in [3.05, 3.63) is 35.4 Å². The molecular formula is C22H33F3N2O2. The molecule has 164 valence electrons. The normalized spacial score (nSPS) is 21.5. The van der Waals surface area contributed by atoms with E-state index >= 15 is 0 Å². The second-order valence-corrected chi connectivity index (χ2v) is 7.99. The van der Waals surface area contributed by atoms with E-state index < -0.39 is 6.43 Å². The maximum atomic E-state index is 13.4. The molecule has 1 aromatic carbocycles. The number of ether oxygens (including phenoxy) is 1. The Bertz CT molecular complexity index is 636. The van der Waals surface area contributed by atoms with Crippen molar-refractivity contribution in [2.45, 2.75) is 51.4 Å². The molecule has 0 radical (unpaired) electrons. The van der Waals surface area contributed by atoms with Crippen molar-refractivity contribution in [2.24, 2.45) is 5.92 Å². The summed E-state index contributed by atoms with van der Waals surface area (Å²) in [4.78, 5) is 16.1. The number of carbonyl (C=O) groups excluding carboxylic acids is 1. The highest BCUT2D eigenvalue weighted by atomic mass is 19.3. The number of hydrogen-bond donors (Lipinski definition) is 0. The van der Waals surface area contributed by atoms with E-state index in [9.17, 15) is 13.6 Å². The van der Waals surface area contributed by atoms with Crippen LogP contribution in [0.3, 0.4) is 0 Å². The van der Waals surface area contributed by atoms with Crippen LogP contribution < -0.4 is 0 Å². The highest BCUT2D eigenvalue weighted by molar-refractivity contribution is 5.67. The molecule has 2 saturated heterocycles. The lowest BCUT2D eigenvalue weighted by atomic mass is 9.88. The van der Waals surface area contributed by atoms with Crippen molar-refractivity contribution in [3.8, 4) is 0 Å². The minimum atomic E-state index is -2.40. The minimum Gasteiger partial charge on any atom is -0.450 e. The van der Waals surface area contributed by atoms with Gasteiger partial charge < -0.3 is 14.5 Å². The van der Waals surface area contributed by atoms with Gasteiger partial charge in [0.1, 0.15) is 0 Å². The maximum Gasteiger partial charge on any atom is 0.409 e. The average Bonchev–Trinajstić information content (AvgIpc) is 2.94. The number of alkyl halides is 2. The van der Waals surface area contributed by atoms with Crippen molar-refractivity contribution in [1.82, 2.24) is 9.80 Å². The first-order chi connectivity index (χ1) is 13.6. The van der Waals surface area contributed by atoms with Gasteiger partial charge in [-0.15, -0.1) is 0 Å². The molecule has 2 heterocycles. The topological polar surface area (TPSA) is 32.8 Å². The van der Waals surface area contributed by atoms with Gasteiger partial charge in [-0.2, -0.15) is 0 Å². The van der Waals surface area contributed by atoms with E-state index in [0.29, 0.717) is 12.5 Å². The van der Waals surface area contributed by atoms with E-state index in [-0.39, 0.29) is 22.3 Å². The molecule has 2 fully saturated rings. The summed E-state index contributed by atoms with van der Waals surface area (Å²) < 4.78 is 31.8. The molecule has 3 rings (SSSR count). The lowest BCUT2D eigenvalue weighted by molar-refractivity contribution is 0.0859. The quantitative estimate of drug-likeness (QED) is 0.663. The number of amides is 1. The third kappa shape index (κ3) is 6.36. The van der Waals surface area contributed by atoms with Crippen LogP contribution in [-0.4, -0.2) is 55.2 Å². The van der Waals surface area contributed by atoms with Crippen LogP contribution in [0.4, 0.5) is 18.3 Å². The fraction of sp³-hybridized carbons (Fsp3) is 0.682. The second-order valence-electron chi connectivity index (χ2n) is 7.99. The summed E-state index contributed by atoms with van der Waals surface area (Å²) in [6.45, 7) is 6.81. The number of likely N-dealkylation sites (tertiary alicyclic amines) is 2. The van der Waals surface area contributed by atoms with Gasteiger partial charge in [0.15, 0.2) is 0 Å². The molecule has 1 atom stereocenters. The first kappa shape index (κ1) is 23.5. The van der Waals surface area contributed by atoms with E-state index in [1.807, 2.05) is 19.1 Å². The Balaban J connectivity index is 0.00000300. The molecule has 0 saturated carbocycles. The van der Waals surface area contributed by atoms with Gasteiger partial charge in [0, 0.05) is 25.2 Å². The zero-order valence-corrected chi connectivity index (χ0v) is 17.2. The predicted molar refractivity (Wildman–Crippen MR) is 108 cm³/mol. The van der Waals surface area contributed by atoms with Crippen molar-refractivity contribution in [3.63, 3.8) is 0 Å². The molecule has 29 heavy (non-hydrogen) atoms. The lowest BCUT2D eigenvalue weighted by Gasteiger charge is -2.34. The molecule has 0 aliphatic carbocycles. The molecule has 7 heteroatoms. The molecule has 0 bridgehead atoms. The standard InChI is InChI=1S/C22H32F2N2O2.FH/c1-2-28-22(27)26-14-9-17(10-15-26)16-25-12-5-6-18(11-13-25)19-7-3-4-8-20(19)21(23)24;/h3-4,7-8,17-18,21H,2,5-6,9-16H2,1H3;1H.